The monoisotopic (exact) mass is 413 g/mol. The van der Waals surface area contributed by atoms with Gasteiger partial charge in [0.15, 0.2) is 10.4 Å². The van der Waals surface area contributed by atoms with Crippen molar-refractivity contribution in [3.05, 3.63) is 65.2 Å². The minimum Gasteiger partial charge on any atom is -0.480 e. The molecule has 3 rings (SSSR count). The quantitative estimate of drug-likeness (QED) is 0.404. The molecule has 0 bridgehead atoms. The number of thioether (sulfide) groups is 1. The number of rotatable bonds is 8. The van der Waals surface area contributed by atoms with Crippen LogP contribution in [0.2, 0.25) is 0 Å². The van der Waals surface area contributed by atoms with E-state index in [1.54, 1.807) is 11.8 Å². The van der Waals surface area contributed by atoms with E-state index in [2.05, 4.69) is 27.6 Å². The second-order valence-corrected chi connectivity index (χ2v) is 8.55. The molecule has 1 amide bonds. The molecule has 0 saturated carbocycles. The summed E-state index contributed by atoms with van der Waals surface area (Å²) in [6.07, 6.45) is -0.0157. The normalized spacial score (nSPS) is 11.8. The van der Waals surface area contributed by atoms with Crippen molar-refractivity contribution >= 4 is 34.1 Å². The third-order valence-electron chi connectivity index (χ3n) is 4.33. The first kappa shape index (κ1) is 20.4. The highest BCUT2D eigenvalue weighted by molar-refractivity contribution is 8.00. The fourth-order valence-electron chi connectivity index (χ4n) is 2.55. The van der Waals surface area contributed by atoms with Crippen molar-refractivity contribution in [3.63, 3.8) is 0 Å². The lowest BCUT2D eigenvalue weighted by Gasteiger charge is -2.18. The molecule has 0 radical (unpaired) electrons. The summed E-state index contributed by atoms with van der Waals surface area (Å²) >= 11 is 2.98. The molecule has 0 unspecified atom stereocenters. The summed E-state index contributed by atoms with van der Waals surface area (Å²) in [6, 6.07) is 16.0. The van der Waals surface area contributed by atoms with Crippen molar-refractivity contribution in [1.29, 1.82) is 0 Å². The first-order valence-corrected chi connectivity index (χ1v) is 10.9. The fourth-order valence-corrected chi connectivity index (χ4v) is 4.26. The number of carbonyl (C=O) groups is 1. The summed E-state index contributed by atoms with van der Waals surface area (Å²) < 4.78 is 6.78. The zero-order valence-electron chi connectivity index (χ0n) is 16.1. The highest BCUT2D eigenvalue weighted by atomic mass is 32.2. The van der Waals surface area contributed by atoms with Gasteiger partial charge < -0.3 is 4.74 Å². The van der Waals surface area contributed by atoms with E-state index < -0.39 is 6.10 Å². The Labute approximate surface area is 173 Å². The summed E-state index contributed by atoms with van der Waals surface area (Å²) in [6.45, 7) is 5.95. The van der Waals surface area contributed by atoms with Crippen molar-refractivity contribution in [2.75, 3.05) is 5.32 Å². The van der Waals surface area contributed by atoms with Crippen molar-refractivity contribution < 1.29 is 9.53 Å². The van der Waals surface area contributed by atoms with E-state index in [1.807, 2.05) is 57.2 Å². The van der Waals surface area contributed by atoms with Gasteiger partial charge in [-0.2, -0.15) is 0 Å². The Morgan fingerprint density at radius 1 is 1.14 bits per heavy atom. The smallest absolute Gasteiger partial charge is 0.267 e. The first-order chi connectivity index (χ1) is 13.6. The molecule has 0 aliphatic heterocycles. The van der Waals surface area contributed by atoms with Gasteiger partial charge in [-0.25, -0.2) is 0 Å². The highest BCUT2D eigenvalue weighted by Crippen LogP contribution is 2.29. The predicted molar refractivity (Wildman–Crippen MR) is 115 cm³/mol. The van der Waals surface area contributed by atoms with Crippen LogP contribution < -0.4 is 10.1 Å². The number of anilines is 1. The second kappa shape index (κ2) is 9.71. The molecule has 2 aromatic carbocycles. The van der Waals surface area contributed by atoms with Gasteiger partial charge in [-0.1, -0.05) is 72.5 Å². The fraction of sp³-hybridized carbons (Fsp3) is 0.286. The average molecular weight is 414 g/mol. The number of nitrogens with zero attached hydrogens (tertiary/aromatic N) is 2. The van der Waals surface area contributed by atoms with Crippen molar-refractivity contribution in [1.82, 2.24) is 10.2 Å². The minimum atomic E-state index is -0.579. The predicted octanol–water partition coefficient (Wildman–Crippen LogP) is 5.24. The SMILES string of the molecule is CC[C@@H](Oc1cccc(C)c1C)C(=O)Nc1nnc(SCc2ccccc2)s1. The molecule has 146 valence electrons. The molecule has 0 saturated heterocycles. The van der Waals surface area contributed by atoms with Gasteiger partial charge in [-0.05, 0) is 43.0 Å². The summed E-state index contributed by atoms with van der Waals surface area (Å²) in [7, 11) is 0. The number of aryl methyl sites for hydroxylation is 1. The van der Waals surface area contributed by atoms with Crippen LogP contribution in [-0.2, 0) is 10.5 Å². The summed E-state index contributed by atoms with van der Waals surface area (Å²) in [4.78, 5) is 12.6. The lowest BCUT2D eigenvalue weighted by molar-refractivity contribution is -0.122. The van der Waals surface area contributed by atoms with Crippen LogP contribution in [0.1, 0.15) is 30.0 Å². The van der Waals surface area contributed by atoms with Gasteiger partial charge in [0, 0.05) is 5.75 Å². The average Bonchev–Trinajstić information content (AvgIpc) is 3.15. The number of carbonyl (C=O) groups excluding carboxylic acids is 1. The molecule has 0 spiro atoms. The minimum absolute atomic E-state index is 0.209. The van der Waals surface area contributed by atoms with Crippen LogP contribution in [-0.4, -0.2) is 22.2 Å². The van der Waals surface area contributed by atoms with Crippen molar-refractivity contribution in [2.45, 2.75) is 43.4 Å². The maximum Gasteiger partial charge on any atom is 0.267 e. The summed E-state index contributed by atoms with van der Waals surface area (Å²) in [5, 5.41) is 11.6. The van der Waals surface area contributed by atoms with Gasteiger partial charge in [0.05, 0.1) is 0 Å². The van der Waals surface area contributed by atoms with E-state index in [4.69, 9.17) is 4.74 Å². The lowest BCUT2D eigenvalue weighted by Crippen LogP contribution is -2.32. The number of benzene rings is 2. The number of aromatic nitrogens is 2. The molecule has 1 atom stereocenters. The number of hydrogen-bond acceptors (Lipinski definition) is 6. The van der Waals surface area contributed by atoms with Gasteiger partial charge in [0.2, 0.25) is 5.13 Å². The van der Waals surface area contributed by atoms with Crippen LogP contribution in [0, 0.1) is 13.8 Å². The second-order valence-electron chi connectivity index (χ2n) is 6.35. The summed E-state index contributed by atoms with van der Waals surface area (Å²) in [5.41, 5.74) is 3.41. The zero-order chi connectivity index (χ0) is 19.9. The van der Waals surface area contributed by atoms with Crippen LogP contribution in [0.25, 0.3) is 0 Å². The molecular weight excluding hydrogens is 390 g/mol. The summed E-state index contributed by atoms with van der Waals surface area (Å²) in [5.74, 6) is 1.34. The highest BCUT2D eigenvalue weighted by Gasteiger charge is 2.21. The Morgan fingerprint density at radius 2 is 1.93 bits per heavy atom. The number of nitrogens with one attached hydrogen (secondary N) is 1. The van der Waals surface area contributed by atoms with Crippen LogP contribution in [0.15, 0.2) is 52.9 Å². The Balaban J connectivity index is 1.58. The number of hydrogen-bond donors (Lipinski definition) is 1. The standard InChI is InChI=1S/C21H23N3O2S2/c1-4-17(26-18-12-8-9-14(2)15(18)3)19(25)22-20-23-24-21(28-20)27-13-16-10-6-5-7-11-16/h5-12,17H,4,13H2,1-3H3,(H,22,23,25)/t17-/m1/s1. The van der Waals surface area contributed by atoms with E-state index >= 15 is 0 Å². The third-order valence-corrected chi connectivity index (χ3v) is 6.37. The molecule has 3 aromatic rings. The third kappa shape index (κ3) is 5.33. The van der Waals surface area contributed by atoms with E-state index in [9.17, 15) is 4.79 Å². The Bertz CT molecular complexity index is 928. The van der Waals surface area contributed by atoms with E-state index in [-0.39, 0.29) is 5.91 Å². The topological polar surface area (TPSA) is 64.1 Å². The molecule has 1 heterocycles. The van der Waals surface area contributed by atoms with Gasteiger partial charge >= 0.3 is 0 Å². The largest absolute Gasteiger partial charge is 0.480 e. The molecule has 0 fully saturated rings. The van der Waals surface area contributed by atoms with Gasteiger partial charge in [-0.3, -0.25) is 10.1 Å². The van der Waals surface area contributed by atoms with Crippen LogP contribution in [0.3, 0.4) is 0 Å². The van der Waals surface area contributed by atoms with Crippen molar-refractivity contribution in [2.24, 2.45) is 0 Å². The van der Waals surface area contributed by atoms with E-state index in [1.165, 1.54) is 16.9 Å². The Morgan fingerprint density at radius 3 is 2.68 bits per heavy atom. The van der Waals surface area contributed by atoms with Crippen molar-refractivity contribution in [3.8, 4) is 5.75 Å². The molecule has 28 heavy (non-hydrogen) atoms. The van der Waals surface area contributed by atoms with E-state index in [0.29, 0.717) is 11.6 Å². The van der Waals surface area contributed by atoms with Gasteiger partial charge in [0.1, 0.15) is 5.75 Å². The number of amides is 1. The zero-order valence-corrected chi connectivity index (χ0v) is 17.8. The molecule has 7 heteroatoms. The van der Waals surface area contributed by atoms with Crippen LogP contribution in [0.4, 0.5) is 5.13 Å². The number of ether oxygens (including phenoxy) is 1. The maximum absolute atomic E-state index is 12.6. The van der Waals surface area contributed by atoms with E-state index in [0.717, 1.165) is 27.0 Å². The molecule has 5 nitrogen and oxygen atoms in total. The van der Waals surface area contributed by atoms with Crippen LogP contribution in [0.5, 0.6) is 5.75 Å². The molecule has 1 aromatic heterocycles. The molecule has 0 aliphatic rings. The van der Waals surface area contributed by atoms with Crippen LogP contribution >= 0.6 is 23.1 Å². The lowest BCUT2D eigenvalue weighted by atomic mass is 10.1. The molecule has 1 N–H and O–H groups in total. The Hall–Kier alpha value is -2.38. The van der Waals surface area contributed by atoms with Gasteiger partial charge in [0.25, 0.3) is 5.91 Å². The molecular formula is C21H23N3O2S2. The molecule has 0 aliphatic carbocycles. The van der Waals surface area contributed by atoms with Gasteiger partial charge in [-0.15, -0.1) is 10.2 Å². The Kier molecular flexibility index (Phi) is 7.06. The maximum atomic E-state index is 12.6. The first-order valence-electron chi connectivity index (χ1n) is 9.10.